The number of hydrogen-bond donors (Lipinski definition) is 2. The Kier molecular flexibility index (Phi) is 8.53. The number of primary amides is 1. The third kappa shape index (κ3) is 9.06. The molecule has 0 rings (SSSR count). The maximum absolute atomic E-state index is 10.6. The fraction of sp³-hybridized carbons (Fsp3) is 0.500. The normalized spacial score (nSPS) is 11.7. The molecule has 1 radical (unpaired) electrons. The van der Waals surface area contributed by atoms with Crippen LogP contribution in [0, 0.1) is 6.42 Å². The smallest absolute Gasteiger partial charge is 0.312 e. The first-order chi connectivity index (χ1) is 7.20. The van der Waals surface area contributed by atoms with Crippen molar-refractivity contribution in [2.45, 2.75) is 38.1 Å². The molecule has 2 amide bonds. The van der Waals surface area contributed by atoms with Gasteiger partial charge in [0.1, 0.15) is 0 Å². The molecule has 3 N–H and O–H groups in total. The van der Waals surface area contributed by atoms with Gasteiger partial charge in [0, 0.05) is 6.04 Å². The summed E-state index contributed by atoms with van der Waals surface area (Å²) in [6.45, 7) is 7.30. The first-order valence-corrected chi connectivity index (χ1v) is 5.31. The van der Waals surface area contributed by atoms with Gasteiger partial charge < -0.3 is 11.1 Å². The number of carbonyl (C=O) groups excluding carboxylic acids is 1. The minimum absolute atomic E-state index is 0.00176. The molecular weight excluding hydrogens is 188 g/mol. The number of allylic oxidation sites excluding steroid dienone is 1. The van der Waals surface area contributed by atoms with Crippen LogP contribution in [0.25, 0.3) is 0 Å². The number of rotatable bonds is 9. The van der Waals surface area contributed by atoms with E-state index in [-0.39, 0.29) is 6.04 Å². The predicted molar refractivity (Wildman–Crippen MR) is 64.3 cm³/mol. The molecule has 1 atom stereocenters. The maximum Gasteiger partial charge on any atom is 0.312 e. The van der Waals surface area contributed by atoms with Gasteiger partial charge in [-0.25, -0.2) is 4.79 Å². The molecule has 3 heteroatoms. The van der Waals surface area contributed by atoms with Crippen molar-refractivity contribution in [1.29, 1.82) is 0 Å². The highest BCUT2D eigenvalue weighted by atomic mass is 16.2. The standard InChI is InChI=1S/C12H21N2O/c1-3-5-6-7-8-9-10-11(4-2)14-12(13)15/h3-4,6,11H,1-2,5,7-10H2,(H3,13,14,15). The molecule has 0 aromatic carbocycles. The SMILES string of the molecule is C=CC[CH]CCCCC(C=C)NC(N)=O. The fourth-order valence-corrected chi connectivity index (χ4v) is 1.32. The van der Waals surface area contributed by atoms with Gasteiger partial charge in [-0.05, 0) is 25.7 Å². The van der Waals surface area contributed by atoms with Crippen LogP contribution in [-0.2, 0) is 0 Å². The van der Waals surface area contributed by atoms with Crippen molar-refractivity contribution in [3.05, 3.63) is 31.7 Å². The summed E-state index contributed by atoms with van der Waals surface area (Å²) in [5.74, 6) is 0. The van der Waals surface area contributed by atoms with Crippen LogP contribution >= 0.6 is 0 Å². The summed E-state index contributed by atoms with van der Waals surface area (Å²) < 4.78 is 0. The average molecular weight is 209 g/mol. The highest BCUT2D eigenvalue weighted by Gasteiger charge is 2.04. The number of nitrogens with two attached hydrogens (primary N) is 1. The minimum atomic E-state index is -0.488. The molecular formula is C12H21N2O. The van der Waals surface area contributed by atoms with Crippen molar-refractivity contribution < 1.29 is 4.79 Å². The summed E-state index contributed by atoms with van der Waals surface area (Å²) in [6, 6.07) is -0.486. The van der Waals surface area contributed by atoms with Crippen molar-refractivity contribution in [3.63, 3.8) is 0 Å². The van der Waals surface area contributed by atoms with Gasteiger partial charge in [0.25, 0.3) is 0 Å². The maximum atomic E-state index is 10.6. The van der Waals surface area contributed by atoms with Gasteiger partial charge in [-0.3, -0.25) is 0 Å². The highest BCUT2D eigenvalue weighted by molar-refractivity contribution is 5.72. The van der Waals surface area contributed by atoms with Gasteiger partial charge in [-0.1, -0.05) is 25.0 Å². The zero-order valence-corrected chi connectivity index (χ0v) is 9.24. The average Bonchev–Trinajstić information content (AvgIpc) is 2.20. The number of nitrogens with one attached hydrogen (secondary N) is 1. The van der Waals surface area contributed by atoms with E-state index in [1.54, 1.807) is 6.08 Å². The monoisotopic (exact) mass is 209 g/mol. The van der Waals surface area contributed by atoms with Gasteiger partial charge in [0.15, 0.2) is 0 Å². The van der Waals surface area contributed by atoms with E-state index in [2.05, 4.69) is 24.9 Å². The zero-order valence-electron chi connectivity index (χ0n) is 9.24. The van der Waals surface area contributed by atoms with Crippen LogP contribution in [0.3, 0.4) is 0 Å². The molecule has 0 spiro atoms. The molecule has 0 saturated carbocycles. The molecule has 3 nitrogen and oxygen atoms in total. The van der Waals surface area contributed by atoms with Crippen molar-refractivity contribution >= 4 is 6.03 Å². The summed E-state index contributed by atoms with van der Waals surface area (Å²) >= 11 is 0. The Morgan fingerprint density at radius 2 is 2.13 bits per heavy atom. The first-order valence-electron chi connectivity index (χ1n) is 5.31. The molecule has 0 aromatic rings. The lowest BCUT2D eigenvalue weighted by molar-refractivity contribution is 0.246. The molecule has 1 unspecified atom stereocenters. The van der Waals surface area contributed by atoms with Gasteiger partial charge in [0.05, 0.1) is 0 Å². The first kappa shape index (κ1) is 13.8. The van der Waals surface area contributed by atoms with E-state index < -0.39 is 6.03 Å². The summed E-state index contributed by atoms with van der Waals surface area (Å²) in [5, 5.41) is 2.63. The van der Waals surface area contributed by atoms with Gasteiger partial charge in [0.2, 0.25) is 0 Å². The lowest BCUT2D eigenvalue weighted by atomic mass is 10.1. The molecule has 15 heavy (non-hydrogen) atoms. The molecule has 0 fully saturated rings. The van der Waals surface area contributed by atoms with E-state index in [9.17, 15) is 4.79 Å². The Bertz CT molecular complexity index is 202. The number of carbonyl (C=O) groups is 1. The Morgan fingerprint density at radius 3 is 2.67 bits per heavy atom. The lowest BCUT2D eigenvalue weighted by Gasteiger charge is -2.12. The van der Waals surface area contributed by atoms with Crippen molar-refractivity contribution in [2.75, 3.05) is 0 Å². The number of urea groups is 1. The minimum Gasteiger partial charge on any atom is -0.352 e. The van der Waals surface area contributed by atoms with Gasteiger partial charge in [-0.2, -0.15) is 0 Å². The van der Waals surface area contributed by atoms with Gasteiger partial charge >= 0.3 is 6.03 Å². The second-order valence-electron chi connectivity index (χ2n) is 3.45. The van der Waals surface area contributed by atoms with Crippen LogP contribution in [0.1, 0.15) is 32.1 Å². The van der Waals surface area contributed by atoms with Crippen LogP contribution in [0.5, 0.6) is 0 Å². The molecule has 0 saturated heterocycles. The fourth-order valence-electron chi connectivity index (χ4n) is 1.32. The third-order valence-electron chi connectivity index (χ3n) is 2.12. The second kappa shape index (κ2) is 9.31. The van der Waals surface area contributed by atoms with E-state index in [4.69, 9.17) is 5.73 Å². The Balaban J connectivity index is 3.42. The summed E-state index contributed by atoms with van der Waals surface area (Å²) in [6.07, 6.45) is 10.9. The van der Waals surface area contributed by atoms with Crippen molar-refractivity contribution in [2.24, 2.45) is 5.73 Å². The van der Waals surface area contributed by atoms with Crippen LogP contribution < -0.4 is 11.1 Å². The van der Waals surface area contributed by atoms with Crippen LogP contribution in [0.15, 0.2) is 25.3 Å². The molecule has 0 aromatic heterocycles. The number of unbranched alkanes of at least 4 members (excludes halogenated alkanes) is 4. The van der Waals surface area contributed by atoms with E-state index in [1.807, 2.05) is 6.08 Å². The topological polar surface area (TPSA) is 55.1 Å². The van der Waals surface area contributed by atoms with Crippen LogP contribution in [0.2, 0.25) is 0 Å². The number of amides is 2. The summed E-state index contributed by atoms with van der Waals surface area (Å²) in [5.41, 5.74) is 5.02. The Morgan fingerprint density at radius 1 is 1.40 bits per heavy atom. The van der Waals surface area contributed by atoms with Crippen molar-refractivity contribution in [1.82, 2.24) is 5.32 Å². The van der Waals surface area contributed by atoms with Crippen molar-refractivity contribution in [3.8, 4) is 0 Å². The molecule has 0 aliphatic heterocycles. The summed E-state index contributed by atoms with van der Waals surface area (Å²) in [4.78, 5) is 10.6. The molecule has 0 aliphatic rings. The van der Waals surface area contributed by atoms with Gasteiger partial charge in [-0.15, -0.1) is 13.2 Å². The highest BCUT2D eigenvalue weighted by Crippen LogP contribution is 2.07. The largest absolute Gasteiger partial charge is 0.352 e. The summed E-state index contributed by atoms with van der Waals surface area (Å²) in [7, 11) is 0. The Labute approximate surface area is 92.4 Å². The molecule has 85 valence electrons. The number of hydrogen-bond acceptors (Lipinski definition) is 1. The molecule has 0 heterocycles. The Hall–Kier alpha value is -1.25. The zero-order chi connectivity index (χ0) is 11.5. The molecule has 0 aliphatic carbocycles. The van der Waals surface area contributed by atoms with E-state index in [0.29, 0.717) is 0 Å². The third-order valence-corrected chi connectivity index (χ3v) is 2.12. The van der Waals surface area contributed by atoms with Crippen LogP contribution in [0.4, 0.5) is 4.79 Å². The van der Waals surface area contributed by atoms with E-state index in [1.165, 1.54) is 0 Å². The van der Waals surface area contributed by atoms with E-state index >= 15 is 0 Å². The molecule has 0 bridgehead atoms. The second-order valence-corrected chi connectivity index (χ2v) is 3.45. The van der Waals surface area contributed by atoms with Crippen LogP contribution in [-0.4, -0.2) is 12.1 Å². The lowest BCUT2D eigenvalue weighted by Crippen LogP contribution is -2.37. The predicted octanol–water partition coefficient (Wildman–Crippen LogP) is 2.55. The quantitative estimate of drug-likeness (QED) is 0.445. The van der Waals surface area contributed by atoms with E-state index in [0.717, 1.165) is 32.1 Å².